The molecule has 47 heavy (non-hydrogen) atoms. The van der Waals surface area contributed by atoms with Crippen LogP contribution in [-0.4, -0.2) is 4.57 Å². The highest BCUT2D eigenvalue weighted by molar-refractivity contribution is 6.22. The fraction of sp³-hybridized carbons (Fsp3) is 0. The van der Waals surface area contributed by atoms with Gasteiger partial charge in [0.1, 0.15) is 0 Å². The van der Waals surface area contributed by atoms with E-state index in [4.69, 9.17) is 0 Å². The van der Waals surface area contributed by atoms with Gasteiger partial charge in [0.05, 0.1) is 16.7 Å². The van der Waals surface area contributed by atoms with E-state index in [2.05, 4.69) is 180 Å². The maximum atomic E-state index is 2.44. The molecule has 0 amide bonds. The number of para-hydroxylation sites is 1. The summed E-state index contributed by atoms with van der Waals surface area (Å²) in [5.41, 5.74) is 8.65. The highest BCUT2D eigenvalue weighted by Crippen LogP contribution is 2.40. The second-order valence-corrected chi connectivity index (χ2v) is 12.5. The third-order valence-corrected chi connectivity index (χ3v) is 9.93. The highest BCUT2D eigenvalue weighted by atomic mass is 15.0. The highest BCUT2D eigenvalue weighted by Gasteiger charge is 2.16. The Bertz CT molecular complexity index is 2840. The second-order valence-electron chi connectivity index (χ2n) is 12.5. The summed E-state index contributed by atoms with van der Waals surface area (Å²) in [6.45, 7) is 0. The number of aromatic nitrogens is 1. The van der Waals surface area contributed by atoms with E-state index >= 15 is 0 Å². The van der Waals surface area contributed by atoms with Crippen LogP contribution >= 0.6 is 0 Å². The lowest BCUT2D eigenvalue weighted by molar-refractivity contribution is 1.20. The van der Waals surface area contributed by atoms with Crippen LogP contribution in [0.25, 0.3) is 92.8 Å². The van der Waals surface area contributed by atoms with Crippen molar-refractivity contribution in [2.24, 2.45) is 0 Å². The predicted molar refractivity (Wildman–Crippen MR) is 202 cm³/mol. The average molecular weight is 596 g/mol. The summed E-state index contributed by atoms with van der Waals surface area (Å²) in [7, 11) is 0. The minimum Gasteiger partial charge on any atom is -0.309 e. The summed E-state index contributed by atoms with van der Waals surface area (Å²) in [6.07, 6.45) is 0. The minimum atomic E-state index is 1.21. The van der Waals surface area contributed by atoms with Crippen LogP contribution in [-0.2, 0) is 0 Å². The first-order valence-corrected chi connectivity index (χ1v) is 16.3. The number of nitrogens with zero attached hydrogens (tertiary/aromatic N) is 1. The van der Waals surface area contributed by atoms with Crippen LogP contribution in [0.5, 0.6) is 0 Å². The fourth-order valence-corrected chi connectivity index (χ4v) is 7.71. The number of hydrogen-bond donors (Lipinski definition) is 0. The lowest BCUT2D eigenvalue weighted by Gasteiger charge is -2.12. The molecule has 0 saturated carbocycles. The average Bonchev–Trinajstić information content (AvgIpc) is 3.48. The van der Waals surface area contributed by atoms with E-state index in [1.807, 2.05) is 0 Å². The minimum absolute atomic E-state index is 1.21. The van der Waals surface area contributed by atoms with Gasteiger partial charge < -0.3 is 4.57 Å². The topological polar surface area (TPSA) is 4.93 Å². The molecule has 0 N–H and O–H groups in total. The molecule has 0 saturated heterocycles. The normalized spacial score (nSPS) is 11.8. The zero-order valence-corrected chi connectivity index (χ0v) is 25.7. The van der Waals surface area contributed by atoms with Crippen LogP contribution in [0.15, 0.2) is 176 Å². The molecule has 10 aromatic rings. The van der Waals surface area contributed by atoms with Crippen LogP contribution in [0.2, 0.25) is 0 Å². The molecule has 0 spiro atoms. The molecule has 0 radical (unpaired) electrons. The van der Waals surface area contributed by atoms with E-state index in [1.54, 1.807) is 0 Å². The van der Waals surface area contributed by atoms with Gasteiger partial charge in [-0.05, 0) is 96.4 Å². The van der Waals surface area contributed by atoms with Crippen molar-refractivity contribution in [3.63, 3.8) is 0 Å². The summed E-state index contributed by atoms with van der Waals surface area (Å²) >= 11 is 0. The summed E-state index contributed by atoms with van der Waals surface area (Å²) in [5.74, 6) is 0. The molecule has 1 heterocycles. The molecule has 0 aliphatic heterocycles. The largest absolute Gasteiger partial charge is 0.309 e. The van der Waals surface area contributed by atoms with E-state index in [-0.39, 0.29) is 0 Å². The van der Waals surface area contributed by atoms with Gasteiger partial charge in [0.15, 0.2) is 0 Å². The molecule has 1 aromatic heterocycles. The first kappa shape index (κ1) is 26.1. The zero-order chi connectivity index (χ0) is 30.9. The molecule has 0 fully saturated rings. The summed E-state index contributed by atoms with van der Waals surface area (Å²) < 4.78 is 2.44. The SMILES string of the molecule is c1ccc2c(-c3ccc4ccc(-c5ccc6c(ccc7c6c6ccccc6n7-c6cccc7ccccc67)c5)cc4c3)cccc2c1. The third kappa shape index (κ3) is 4.03. The van der Waals surface area contributed by atoms with Gasteiger partial charge in [-0.15, -0.1) is 0 Å². The first-order chi connectivity index (χ1) is 23.3. The van der Waals surface area contributed by atoms with Crippen molar-refractivity contribution in [3.05, 3.63) is 176 Å². The number of rotatable bonds is 3. The third-order valence-electron chi connectivity index (χ3n) is 9.93. The van der Waals surface area contributed by atoms with Gasteiger partial charge in [0, 0.05) is 16.2 Å². The van der Waals surface area contributed by atoms with Crippen LogP contribution in [0.1, 0.15) is 0 Å². The molecule has 0 bridgehead atoms. The molecule has 0 unspecified atom stereocenters. The van der Waals surface area contributed by atoms with E-state index in [0.717, 1.165) is 0 Å². The Morgan fingerprint density at radius 3 is 1.74 bits per heavy atom. The van der Waals surface area contributed by atoms with Crippen molar-refractivity contribution in [3.8, 4) is 27.9 Å². The van der Waals surface area contributed by atoms with E-state index in [0.29, 0.717) is 0 Å². The van der Waals surface area contributed by atoms with Crippen molar-refractivity contribution in [2.45, 2.75) is 0 Å². The Hall–Kier alpha value is -6.18. The molecule has 1 heteroatoms. The van der Waals surface area contributed by atoms with Crippen LogP contribution in [0, 0.1) is 0 Å². The molecular formula is C46H29N. The fourth-order valence-electron chi connectivity index (χ4n) is 7.71. The van der Waals surface area contributed by atoms with Gasteiger partial charge in [-0.25, -0.2) is 0 Å². The van der Waals surface area contributed by atoms with Crippen molar-refractivity contribution in [1.29, 1.82) is 0 Å². The maximum Gasteiger partial charge on any atom is 0.0547 e. The van der Waals surface area contributed by atoms with Gasteiger partial charge in [-0.2, -0.15) is 0 Å². The van der Waals surface area contributed by atoms with E-state index in [1.165, 1.54) is 92.8 Å². The quantitative estimate of drug-likeness (QED) is 0.191. The number of fused-ring (bicyclic) bond motifs is 8. The Morgan fingerprint density at radius 1 is 0.298 bits per heavy atom. The second kappa shape index (κ2) is 10.2. The Kier molecular flexibility index (Phi) is 5.64. The predicted octanol–water partition coefficient (Wildman–Crippen LogP) is 12.7. The summed E-state index contributed by atoms with van der Waals surface area (Å²) in [4.78, 5) is 0. The monoisotopic (exact) mass is 595 g/mol. The van der Waals surface area contributed by atoms with Crippen molar-refractivity contribution < 1.29 is 0 Å². The Labute approximate surface area is 272 Å². The molecule has 0 aliphatic rings. The zero-order valence-electron chi connectivity index (χ0n) is 25.7. The van der Waals surface area contributed by atoms with Gasteiger partial charge in [-0.3, -0.25) is 0 Å². The van der Waals surface area contributed by atoms with Crippen molar-refractivity contribution in [2.75, 3.05) is 0 Å². The van der Waals surface area contributed by atoms with Crippen molar-refractivity contribution in [1.82, 2.24) is 4.57 Å². The van der Waals surface area contributed by atoms with Gasteiger partial charge in [0.2, 0.25) is 0 Å². The van der Waals surface area contributed by atoms with Crippen LogP contribution in [0.4, 0.5) is 0 Å². The molecule has 10 rings (SSSR count). The molecule has 0 atom stereocenters. The smallest absolute Gasteiger partial charge is 0.0547 e. The van der Waals surface area contributed by atoms with Gasteiger partial charge >= 0.3 is 0 Å². The van der Waals surface area contributed by atoms with E-state index in [9.17, 15) is 0 Å². The first-order valence-electron chi connectivity index (χ1n) is 16.3. The summed E-state index contributed by atoms with van der Waals surface area (Å²) in [6, 6.07) is 64.6. The van der Waals surface area contributed by atoms with Gasteiger partial charge in [-0.1, -0.05) is 140 Å². The van der Waals surface area contributed by atoms with Crippen molar-refractivity contribution >= 4 is 64.9 Å². The lowest BCUT2D eigenvalue weighted by atomic mass is 9.94. The number of hydrogen-bond acceptors (Lipinski definition) is 0. The standard InChI is InChI=1S/C46H29N/c1-3-13-38-31(9-1)11-7-16-39(38)35-22-20-30-19-21-33(28-37(30)29-35)34-23-25-41-36(27-34)24-26-45-46(41)42-15-5-6-17-44(42)47(45)43-18-8-12-32-10-2-4-14-40(32)43/h1-29H. The Balaban J connectivity index is 1.13. The van der Waals surface area contributed by atoms with E-state index < -0.39 is 0 Å². The molecule has 9 aromatic carbocycles. The van der Waals surface area contributed by atoms with Crippen LogP contribution in [0.3, 0.4) is 0 Å². The lowest BCUT2D eigenvalue weighted by Crippen LogP contribution is -1.95. The summed E-state index contributed by atoms with van der Waals surface area (Å²) in [5, 5.41) is 12.7. The maximum absolute atomic E-state index is 2.44. The van der Waals surface area contributed by atoms with Crippen LogP contribution < -0.4 is 0 Å². The molecule has 218 valence electrons. The van der Waals surface area contributed by atoms with Gasteiger partial charge in [0.25, 0.3) is 0 Å². The molecular weight excluding hydrogens is 567 g/mol. The Morgan fingerprint density at radius 2 is 0.894 bits per heavy atom. The molecule has 1 nitrogen and oxygen atoms in total. The molecule has 0 aliphatic carbocycles. The number of benzene rings is 9.